The van der Waals surface area contributed by atoms with Crippen molar-refractivity contribution in [2.45, 2.75) is 77.0 Å². The predicted molar refractivity (Wildman–Crippen MR) is 618 cm³/mol. The topological polar surface area (TPSA) is 6.48 Å². The quantitative estimate of drug-likeness (QED) is 0.0845. The summed E-state index contributed by atoms with van der Waals surface area (Å²) in [5, 5.41) is 0. The van der Waals surface area contributed by atoms with Crippen molar-refractivity contribution in [3.63, 3.8) is 0 Å². The van der Waals surface area contributed by atoms with Gasteiger partial charge in [-0.3, -0.25) is 0 Å². The van der Waals surface area contributed by atoms with Gasteiger partial charge in [0.15, 0.2) is 0 Å². The summed E-state index contributed by atoms with van der Waals surface area (Å²) in [6, 6.07) is 193. The lowest BCUT2D eigenvalue weighted by Crippen LogP contribution is -2.16. The second-order valence-electron chi connectivity index (χ2n) is 41.9. The van der Waals surface area contributed by atoms with E-state index in [9.17, 15) is 0 Å². The van der Waals surface area contributed by atoms with E-state index in [1.54, 1.807) is 0 Å². The highest BCUT2D eigenvalue weighted by atomic mass is 15.1. The molecular formula is C144H110N2. The second-order valence-corrected chi connectivity index (χ2v) is 41.9. The van der Waals surface area contributed by atoms with Gasteiger partial charge in [-0.25, -0.2) is 0 Å². The number of fused-ring (bicyclic) bond motifs is 12. The fourth-order valence-electron chi connectivity index (χ4n) is 23.6. The third-order valence-corrected chi connectivity index (χ3v) is 31.9. The Labute approximate surface area is 859 Å². The Kier molecular flexibility index (Phi) is 22.4. The summed E-state index contributed by atoms with van der Waals surface area (Å²) in [5.41, 5.74) is 57.0. The lowest BCUT2D eigenvalue weighted by Gasteiger charge is -2.28. The number of nitrogens with zero attached hydrogens (tertiary/aromatic N) is 2. The summed E-state index contributed by atoms with van der Waals surface area (Å²) < 4.78 is 0. The number of hydrogen-bond acceptors (Lipinski definition) is 2. The van der Waals surface area contributed by atoms with E-state index in [1.165, 1.54) is 223 Å². The maximum absolute atomic E-state index is 2.44. The molecule has 146 heavy (non-hydrogen) atoms. The summed E-state index contributed by atoms with van der Waals surface area (Å²) in [7, 11) is 0. The van der Waals surface area contributed by atoms with Crippen molar-refractivity contribution in [3.8, 4) is 178 Å². The minimum atomic E-state index is -0.221. The van der Waals surface area contributed by atoms with Gasteiger partial charge < -0.3 is 9.80 Å². The van der Waals surface area contributed by atoms with Crippen molar-refractivity contribution >= 4 is 34.1 Å². The average molecular weight is 1870 g/mol. The zero-order valence-corrected chi connectivity index (χ0v) is 83.5. The van der Waals surface area contributed by atoms with Crippen molar-refractivity contribution in [1.82, 2.24) is 0 Å². The molecule has 2 heteroatoms. The Morgan fingerprint density at radius 1 is 0.103 bits per heavy atom. The molecule has 22 aromatic rings. The monoisotopic (exact) mass is 1870 g/mol. The Hall–Kier alpha value is -17.6. The fourth-order valence-corrected chi connectivity index (χ4v) is 23.6. The molecule has 0 atom stereocenters. The van der Waals surface area contributed by atoms with Crippen molar-refractivity contribution < 1.29 is 0 Å². The van der Waals surface area contributed by atoms with E-state index in [0.717, 1.165) is 34.1 Å². The molecule has 0 aromatic heterocycles. The molecule has 0 spiro atoms. The Morgan fingerprint density at radius 3 is 0.486 bits per heavy atom. The molecule has 0 radical (unpaired) electrons. The van der Waals surface area contributed by atoms with Crippen LogP contribution in [-0.2, 0) is 21.7 Å². The number of rotatable bonds is 18. The molecule has 696 valence electrons. The van der Waals surface area contributed by atoms with Gasteiger partial charge in [0.05, 0.1) is 0 Å². The molecule has 22 aromatic carbocycles. The zero-order valence-electron chi connectivity index (χ0n) is 83.5. The lowest BCUT2D eigenvalue weighted by molar-refractivity contribution is 0.660. The Bertz CT molecular complexity index is 8700. The molecule has 0 unspecified atom stereocenters. The molecule has 2 nitrogen and oxygen atoms in total. The van der Waals surface area contributed by atoms with Crippen molar-refractivity contribution in [3.05, 3.63) is 566 Å². The molecule has 0 saturated heterocycles. The molecule has 0 fully saturated rings. The average Bonchev–Trinajstić information content (AvgIpc) is 1.57. The summed E-state index contributed by atoms with van der Waals surface area (Å²) in [4.78, 5) is 4.86. The smallest absolute Gasteiger partial charge is 0.0465 e. The highest BCUT2D eigenvalue weighted by Crippen LogP contribution is 2.57. The van der Waals surface area contributed by atoms with E-state index in [4.69, 9.17) is 0 Å². The third-order valence-electron chi connectivity index (χ3n) is 31.9. The maximum atomic E-state index is 2.44. The van der Waals surface area contributed by atoms with Crippen LogP contribution in [0.25, 0.3) is 178 Å². The third kappa shape index (κ3) is 16.2. The Balaban J connectivity index is 0.000000152. The van der Waals surface area contributed by atoms with Crippen LogP contribution in [0.3, 0.4) is 0 Å². The van der Waals surface area contributed by atoms with Gasteiger partial charge >= 0.3 is 0 Å². The van der Waals surface area contributed by atoms with E-state index < -0.39 is 0 Å². The van der Waals surface area contributed by atoms with E-state index >= 15 is 0 Å². The van der Waals surface area contributed by atoms with Crippen molar-refractivity contribution in [2.24, 2.45) is 0 Å². The Morgan fingerprint density at radius 2 is 0.247 bits per heavy atom. The molecule has 4 aliphatic carbocycles. The standard InChI is InChI=1S/2C72H55N/c1-71(2)67-21-12-11-20-63(67)64-41-34-59(45-68(64)71)55-32-38-61(39-33-55)73(60-36-30-54(31-37-60)57-19-13-18-56(44-57)49-16-9-6-10-17-49)62-40-43-66-65-42-35-58(46-69(65)72(3,4)70(66)47-62)53-28-26-52(27-29-53)51-24-22-50(23-25-51)48-14-7-5-8-15-48;1-71(2)67-18-12-11-17-63(67)64-42-35-59(45-68(64)71)57-33-39-61(40-34-57)73(60-37-31-55(32-38-60)54-25-21-51(22-26-54)49-15-9-6-10-16-49)62-41-44-66-65-43-36-58(46-69(65)72(3,4)70(66)47-62)56-29-27-53(28-30-56)52-23-19-50(20-24-52)48-13-7-5-8-14-48/h2*5-47H,1-4H3. The van der Waals surface area contributed by atoms with Gasteiger partial charge in [0, 0.05) is 55.8 Å². The van der Waals surface area contributed by atoms with Crippen LogP contribution < -0.4 is 9.80 Å². The van der Waals surface area contributed by atoms with Crippen molar-refractivity contribution in [1.29, 1.82) is 0 Å². The largest absolute Gasteiger partial charge is 0.310 e. The van der Waals surface area contributed by atoms with Crippen LogP contribution in [0.1, 0.15) is 99.9 Å². The van der Waals surface area contributed by atoms with Crippen LogP contribution in [-0.4, -0.2) is 0 Å². The minimum absolute atomic E-state index is 0.0554. The first-order valence-electron chi connectivity index (χ1n) is 51.3. The van der Waals surface area contributed by atoms with E-state index in [2.05, 4.69) is 587 Å². The first kappa shape index (κ1) is 89.8. The van der Waals surface area contributed by atoms with Gasteiger partial charge in [-0.2, -0.15) is 0 Å². The summed E-state index contributed by atoms with van der Waals surface area (Å²) in [6.45, 7) is 19.0. The lowest BCUT2D eigenvalue weighted by atomic mass is 9.81. The van der Waals surface area contributed by atoms with Gasteiger partial charge in [0.1, 0.15) is 0 Å². The summed E-state index contributed by atoms with van der Waals surface area (Å²) in [5.74, 6) is 0. The molecule has 0 N–H and O–H groups in total. The summed E-state index contributed by atoms with van der Waals surface area (Å²) >= 11 is 0. The number of anilines is 6. The maximum Gasteiger partial charge on any atom is 0.0465 e. The molecular weight excluding hydrogens is 1760 g/mol. The zero-order chi connectivity index (χ0) is 98.5. The molecule has 0 amide bonds. The molecule has 26 rings (SSSR count). The first-order chi connectivity index (χ1) is 71.3. The molecule has 0 heterocycles. The number of hydrogen-bond donors (Lipinski definition) is 0. The molecule has 4 aliphatic rings. The van der Waals surface area contributed by atoms with E-state index in [1.807, 2.05) is 0 Å². The van der Waals surface area contributed by atoms with Crippen LogP contribution in [0.5, 0.6) is 0 Å². The van der Waals surface area contributed by atoms with Gasteiger partial charge in [-0.15, -0.1) is 0 Å². The van der Waals surface area contributed by atoms with Gasteiger partial charge in [0.25, 0.3) is 0 Å². The highest BCUT2D eigenvalue weighted by Gasteiger charge is 2.41. The van der Waals surface area contributed by atoms with Gasteiger partial charge in [-0.1, -0.05) is 474 Å². The minimum Gasteiger partial charge on any atom is -0.310 e. The second kappa shape index (κ2) is 36.4. The fraction of sp³-hybridized carbons (Fsp3) is 0.0833. The highest BCUT2D eigenvalue weighted by molar-refractivity contribution is 5.94. The molecule has 0 bridgehead atoms. The van der Waals surface area contributed by atoms with Crippen LogP contribution in [0.2, 0.25) is 0 Å². The summed E-state index contributed by atoms with van der Waals surface area (Å²) in [6.07, 6.45) is 0. The van der Waals surface area contributed by atoms with Crippen LogP contribution >= 0.6 is 0 Å². The normalized spacial score (nSPS) is 13.4. The van der Waals surface area contributed by atoms with Crippen LogP contribution in [0, 0.1) is 0 Å². The van der Waals surface area contributed by atoms with Gasteiger partial charge in [-0.05, 0) is 326 Å². The van der Waals surface area contributed by atoms with Crippen LogP contribution in [0.4, 0.5) is 34.1 Å². The van der Waals surface area contributed by atoms with Gasteiger partial charge in [0.2, 0.25) is 0 Å². The SMILES string of the molecule is CC1(C)c2ccccc2-c2ccc(-c3ccc(N(c4ccc(-c5ccc(-c6ccccc6)cc5)cc4)c4ccc5c(c4)C(C)(C)c4cc(-c6ccc(-c7ccc(-c8ccccc8)cc7)cc6)ccc4-5)cc3)cc21.CC1(C)c2ccccc2-c2ccc(-c3ccc(N(c4ccc(-c5cccc(-c6ccccc6)c5)cc4)c4ccc5c(c4)C(C)(C)c4cc(-c6ccc(-c7ccc(-c8ccccc8)cc7)cc6)ccc4-5)cc3)cc21. The molecule has 0 saturated carbocycles. The first-order valence-corrected chi connectivity index (χ1v) is 51.3. The van der Waals surface area contributed by atoms with Crippen molar-refractivity contribution in [2.75, 3.05) is 9.80 Å². The van der Waals surface area contributed by atoms with Crippen LogP contribution in [0.15, 0.2) is 522 Å². The van der Waals surface area contributed by atoms with E-state index in [-0.39, 0.29) is 21.7 Å². The van der Waals surface area contributed by atoms with E-state index in [0.29, 0.717) is 0 Å². The predicted octanol–water partition coefficient (Wildman–Crippen LogP) is 39.5. The number of benzene rings is 22. The molecule has 0 aliphatic heterocycles.